The van der Waals surface area contributed by atoms with E-state index in [9.17, 15) is 19.5 Å². The lowest BCUT2D eigenvalue weighted by molar-refractivity contribution is -0.132. The normalized spacial score (nSPS) is 16.9. The quantitative estimate of drug-likeness (QED) is 0.195. The van der Waals surface area contributed by atoms with E-state index < -0.39 is 23.7 Å². The van der Waals surface area contributed by atoms with Crippen LogP contribution in [0.4, 0.5) is 5.13 Å². The van der Waals surface area contributed by atoms with Gasteiger partial charge in [-0.25, -0.2) is 9.78 Å². The largest absolute Gasteiger partial charge is 0.507 e. The maximum absolute atomic E-state index is 13.3. The Morgan fingerprint density at radius 1 is 1.11 bits per heavy atom. The van der Waals surface area contributed by atoms with Crippen LogP contribution in [0.2, 0.25) is 10.0 Å². The van der Waals surface area contributed by atoms with Crippen LogP contribution in [-0.4, -0.2) is 42.0 Å². The van der Waals surface area contributed by atoms with Gasteiger partial charge in [0.15, 0.2) is 5.13 Å². The minimum Gasteiger partial charge on any atom is -0.507 e. The molecule has 0 aliphatic carbocycles. The number of esters is 1. The van der Waals surface area contributed by atoms with E-state index in [0.717, 1.165) is 21.8 Å². The van der Waals surface area contributed by atoms with Crippen LogP contribution in [0.15, 0.2) is 42.0 Å². The number of aryl methyl sites for hydroxylation is 2. The summed E-state index contributed by atoms with van der Waals surface area (Å²) in [5.74, 6) is -2.27. The van der Waals surface area contributed by atoms with E-state index in [2.05, 4.69) is 4.98 Å². The van der Waals surface area contributed by atoms with Crippen molar-refractivity contribution in [1.82, 2.24) is 4.98 Å². The molecule has 0 bridgehead atoms. The minimum atomic E-state index is -1.13. The first-order chi connectivity index (χ1) is 17.1. The number of thiazole rings is 1. The van der Waals surface area contributed by atoms with E-state index in [1.807, 2.05) is 0 Å². The summed E-state index contributed by atoms with van der Waals surface area (Å²) in [6, 6.07) is 8.35. The fourth-order valence-corrected chi connectivity index (χ4v) is 5.52. The van der Waals surface area contributed by atoms with Crippen molar-refractivity contribution in [2.24, 2.45) is 0 Å². The number of rotatable bonds is 5. The number of aliphatic hydroxyl groups excluding tert-OH is 1. The molecule has 1 fully saturated rings. The van der Waals surface area contributed by atoms with E-state index in [1.165, 1.54) is 20.3 Å². The van der Waals surface area contributed by atoms with Crippen molar-refractivity contribution in [3.63, 3.8) is 0 Å². The molecule has 1 saturated heterocycles. The third-order valence-corrected chi connectivity index (χ3v) is 7.43. The average molecular weight is 547 g/mol. The van der Waals surface area contributed by atoms with Crippen LogP contribution in [0.3, 0.4) is 0 Å². The van der Waals surface area contributed by atoms with Crippen LogP contribution in [0.25, 0.3) is 5.76 Å². The minimum absolute atomic E-state index is 0.0796. The van der Waals surface area contributed by atoms with Gasteiger partial charge in [-0.3, -0.25) is 14.5 Å². The molecule has 1 atom stereocenters. The van der Waals surface area contributed by atoms with E-state index in [4.69, 9.17) is 32.7 Å². The molecular formula is C25H20Cl2N2O6S. The van der Waals surface area contributed by atoms with Gasteiger partial charge >= 0.3 is 11.9 Å². The molecule has 0 saturated carbocycles. The van der Waals surface area contributed by atoms with E-state index in [0.29, 0.717) is 27.6 Å². The summed E-state index contributed by atoms with van der Waals surface area (Å²) < 4.78 is 10.1. The number of hydrogen-bond donors (Lipinski definition) is 1. The van der Waals surface area contributed by atoms with E-state index in [-0.39, 0.29) is 26.4 Å². The lowest BCUT2D eigenvalue weighted by Crippen LogP contribution is -2.29. The van der Waals surface area contributed by atoms with Gasteiger partial charge in [0.25, 0.3) is 5.78 Å². The SMILES string of the molecule is COC(=O)c1sc(N2C(=O)C(=O)/C(=C(/O)c3ccc(OC)c(C)c3)[C@@H]2c2ccc(Cl)cc2Cl)nc1C. The van der Waals surface area contributed by atoms with E-state index >= 15 is 0 Å². The molecule has 0 spiro atoms. The van der Waals surface area contributed by atoms with Gasteiger partial charge in [0, 0.05) is 15.6 Å². The second-order valence-corrected chi connectivity index (χ2v) is 9.74. The molecule has 1 amide bonds. The molecule has 2 heterocycles. The zero-order chi connectivity index (χ0) is 26.3. The molecule has 1 aliphatic heterocycles. The third-order valence-electron chi connectivity index (χ3n) is 5.73. The number of hydrogen-bond acceptors (Lipinski definition) is 8. The predicted molar refractivity (Wildman–Crippen MR) is 137 cm³/mol. The molecular weight excluding hydrogens is 527 g/mol. The maximum atomic E-state index is 13.3. The Morgan fingerprint density at radius 2 is 1.83 bits per heavy atom. The Balaban J connectivity index is 1.97. The van der Waals surface area contributed by atoms with Crippen molar-refractivity contribution in [2.75, 3.05) is 19.1 Å². The number of ketones is 1. The second-order valence-electron chi connectivity index (χ2n) is 7.92. The Kier molecular flexibility index (Phi) is 7.08. The molecule has 2 aromatic carbocycles. The zero-order valence-corrected chi connectivity index (χ0v) is 21.9. The molecule has 0 radical (unpaired) electrons. The van der Waals surface area contributed by atoms with Crippen molar-refractivity contribution in [3.8, 4) is 5.75 Å². The molecule has 4 rings (SSSR count). The number of ether oxygens (including phenoxy) is 2. The fraction of sp³-hybridized carbons (Fsp3) is 0.200. The summed E-state index contributed by atoms with van der Waals surface area (Å²) in [5, 5.41) is 11.9. The van der Waals surface area contributed by atoms with Crippen LogP contribution in [0, 0.1) is 13.8 Å². The van der Waals surface area contributed by atoms with Gasteiger partial charge < -0.3 is 14.6 Å². The number of methoxy groups -OCH3 is 2. The van der Waals surface area contributed by atoms with Gasteiger partial charge in [0.1, 0.15) is 16.4 Å². The summed E-state index contributed by atoms with van der Waals surface area (Å²) >= 11 is 13.5. The van der Waals surface area contributed by atoms with Crippen molar-refractivity contribution < 1.29 is 29.0 Å². The third kappa shape index (κ3) is 4.34. The summed E-state index contributed by atoms with van der Waals surface area (Å²) in [7, 11) is 2.76. The first-order valence-electron chi connectivity index (χ1n) is 10.6. The molecule has 0 unspecified atom stereocenters. The van der Waals surface area contributed by atoms with Gasteiger partial charge in [-0.1, -0.05) is 40.6 Å². The standard InChI is InChI=1S/C25H20Cl2N2O6S/c1-11-9-13(5-8-17(11)34-3)20(30)18-19(15-7-6-14(26)10-16(15)27)29(23(32)21(18)31)25-28-12(2)22(36-25)24(33)35-4/h5-10,19,30H,1-4H3/b20-18+/t19-/m0/s1. The summed E-state index contributed by atoms with van der Waals surface area (Å²) in [5.41, 5.74) is 1.53. The Bertz CT molecular complexity index is 1450. The van der Waals surface area contributed by atoms with Crippen LogP contribution >= 0.6 is 34.5 Å². The number of halogens is 2. The van der Waals surface area contributed by atoms with Gasteiger partial charge in [-0.2, -0.15) is 0 Å². The zero-order valence-electron chi connectivity index (χ0n) is 19.6. The highest BCUT2D eigenvalue weighted by Gasteiger charge is 2.49. The maximum Gasteiger partial charge on any atom is 0.350 e. The predicted octanol–water partition coefficient (Wildman–Crippen LogP) is 5.49. The smallest absolute Gasteiger partial charge is 0.350 e. The number of Topliss-reactive ketones (excluding diaryl/α,β-unsaturated/α-hetero) is 1. The Morgan fingerprint density at radius 3 is 2.44 bits per heavy atom. The monoisotopic (exact) mass is 546 g/mol. The molecule has 1 N–H and O–H groups in total. The highest BCUT2D eigenvalue weighted by molar-refractivity contribution is 7.17. The lowest BCUT2D eigenvalue weighted by Gasteiger charge is -2.24. The van der Waals surface area contributed by atoms with Crippen LogP contribution in [-0.2, 0) is 14.3 Å². The molecule has 1 aromatic heterocycles. The summed E-state index contributed by atoms with van der Waals surface area (Å²) in [6.45, 7) is 3.38. The number of amides is 1. The highest BCUT2D eigenvalue weighted by atomic mass is 35.5. The second kappa shape index (κ2) is 9.93. The highest BCUT2D eigenvalue weighted by Crippen LogP contribution is 2.46. The first kappa shape index (κ1) is 25.7. The molecule has 11 heteroatoms. The van der Waals surface area contributed by atoms with Crippen molar-refractivity contribution in [2.45, 2.75) is 19.9 Å². The van der Waals surface area contributed by atoms with Crippen LogP contribution in [0.1, 0.15) is 38.1 Å². The van der Waals surface area contributed by atoms with Gasteiger partial charge in [-0.05, 0) is 55.3 Å². The summed E-state index contributed by atoms with van der Waals surface area (Å²) in [6.07, 6.45) is 0. The topological polar surface area (TPSA) is 106 Å². The number of carbonyl (C=O) groups excluding carboxylic acids is 3. The number of aromatic nitrogens is 1. The molecule has 1 aliphatic rings. The first-order valence-corrected chi connectivity index (χ1v) is 12.1. The van der Waals surface area contributed by atoms with E-state index in [1.54, 1.807) is 44.2 Å². The molecule has 3 aromatic rings. The van der Waals surface area contributed by atoms with Gasteiger partial charge in [-0.15, -0.1) is 0 Å². The van der Waals surface area contributed by atoms with Crippen molar-refractivity contribution >= 4 is 63.1 Å². The Labute approximate surface area is 220 Å². The Hall–Kier alpha value is -3.40. The molecule has 8 nitrogen and oxygen atoms in total. The number of benzene rings is 2. The number of aliphatic hydroxyl groups is 1. The van der Waals surface area contributed by atoms with Gasteiger partial charge in [0.2, 0.25) is 0 Å². The van der Waals surface area contributed by atoms with Gasteiger partial charge in [0.05, 0.1) is 31.5 Å². The number of carbonyl (C=O) groups is 3. The van der Waals surface area contributed by atoms with Crippen molar-refractivity contribution in [3.05, 3.63) is 79.3 Å². The van der Waals surface area contributed by atoms with Crippen molar-refractivity contribution in [1.29, 1.82) is 0 Å². The summed E-state index contributed by atoms with van der Waals surface area (Å²) in [4.78, 5) is 44.5. The van der Waals surface area contributed by atoms with Crippen LogP contribution < -0.4 is 9.64 Å². The molecule has 186 valence electrons. The average Bonchev–Trinajstić information content (AvgIpc) is 3.34. The fourth-order valence-electron chi connectivity index (χ4n) is 4.00. The number of anilines is 1. The number of nitrogens with zero attached hydrogens (tertiary/aromatic N) is 2. The van der Waals surface area contributed by atoms with Crippen LogP contribution in [0.5, 0.6) is 5.75 Å². The molecule has 36 heavy (non-hydrogen) atoms. The lowest BCUT2D eigenvalue weighted by atomic mass is 9.95.